The lowest BCUT2D eigenvalue weighted by atomic mass is 10.2. The molecular weight excluding hydrogens is 320 g/mol. The van der Waals surface area contributed by atoms with Gasteiger partial charge in [-0.25, -0.2) is 0 Å². The molecule has 0 aliphatic carbocycles. The lowest BCUT2D eigenvalue weighted by Crippen LogP contribution is -2.21. The van der Waals surface area contributed by atoms with Crippen LogP contribution in [0.3, 0.4) is 0 Å². The third kappa shape index (κ3) is 3.19. The van der Waals surface area contributed by atoms with Gasteiger partial charge in [-0.2, -0.15) is 5.10 Å². The minimum Gasteiger partial charge on any atom is -0.372 e. The smallest absolute Gasteiger partial charge is 0.274 e. The van der Waals surface area contributed by atoms with Crippen molar-refractivity contribution in [3.8, 4) is 0 Å². The first-order chi connectivity index (χ1) is 9.65. The van der Waals surface area contributed by atoms with Gasteiger partial charge in [0.2, 0.25) is 0 Å². The van der Waals surface area contributed by atoms with Crippen LogP contribution in [0.2, 0.25) is 0 Å². The lowest BCUT2D eigenvalue weighted by Gasteiger charge is -2.21. The summed E-state index contributed by atoms with van der Waals surface area (Å²) in [6, 6.07) is 7.81. The maximum absolute atomic E-state index is 12.0. The first-order valence-corrected chi connectivity index (χ1v) is 7.30. The summed E-state index contributed by atoms with van der Waals surface area (Å²) in [5, 5.41) is 9.29. The topological polar surface area (TPSA) is 61.0 Å². The first-order valence-electron chi connectivity index (χ1n) is 6.51. The normalized spacial score (nSPS) is 10.3. The molecule has 0 spiro atoms. The zero-order chi connectivity index (χ0) is 14.5. The number of rotatable bonds is 5. The van der Waals surface area contributed by atoms with Gasteiger partial charge in [0.05, 0.1) is 10.7 Å². The fourth-order valence-electron chi connectivity index (χ4n) is 1.97. The van der Waals surface area contributed by atoms with Gasteiger partial charge in [-0.15, -0.1) is 0 Å². The summed E-state index contributed by atoms with van der Waals surface area (Å²) < 4.78 is 0.648. The molecular formula is C14H17BrN4O. The number of aromatic nitrogens is 2. The largest absolute Gasteiger partial charge is 0.372 e. The second-order valence-corrected chi connectivity index (χ2v) is 5.12. The minimum atomic E-state index is -0.218. The van der Waals surface area contributed by atoms with E-state index in [1.54, 1.807) is 6.20 Å². The third-order valence-electron chi connectivity index (χ3n) is 3.07. The standard InChI is InChI=1S/C14H17BrN4O/c1-3-19(4-2)11-7-5-10(6-8-11)17-14(20)13-12(15)9-16-18-13/h5-9H,3-4H2,1-2H3,(H,16,18)(H,17,20). The third-order valence-corrected chi connectivity index (χ3v) is 3.68. The van der Waals surface area contributed by atoms with Gasteiger partial charge in [0.25, 0.3) is 5.91 Å². The number of hydrogen-bond acceptors (Lipinski definition) is 3. The van der Waals surface area contributed by atoms with Gasteiger partial charge in [-0.1, -0.05) is 0 Å². The number of H-pyrrole nitrogens is 1. The zero-order valence-corrected chi connectivity index (χ0v) is 13.1. The van der Waals surface area contributed by atoms with Crippen LogP contribution in [0, 0.1) is 0 Å². The van der Waals surface area contributed by atoms with Gasteiger partial charge >= 0.3 is 0 Å². The maximum atomic E-state index is 12.0. The number of halogens is 1. The molecule has 0 aliphatic rings. The SMILES string of the molecule is CCN(CC)c1ccc(NC(=O)c2[nH]ncc2Br)cc1. The Balaban J connectivity index is 2.08. The van der Waals surface area contributed by atoms with Crippen LogP contribution in [0.1, 0.15) is 24.3 Å². The quantitative estimate of drug-likeness (QED) is 0.880. The highest BCUT2D eigenvalue weighted by atomic mass is 79.9. The van der Waals surface area contributed by atoms with E-state index < -0.39 is 0 Å². The Morgan fingerprint density at radius 1 is 1.30 bits per heavy atom. The molecule has 6 heteroatoms. The maximum Gasteiger partial charge on any atom is 0.274 e. The van der Waals surface area contributed by atoms with Crippen molar-refractivity contribution in [2.45, 2.75) is 13.8 Å². The van der Waals surface area contributed by atoms with E-state index in [9.17, 15) is 4.79 Å². The monoisotopic (exact) mass is 336 g/mol. The van der Waals surface area contributed by atoms with E-state index in [-0.39, 0.29) is 5.91 Å². The number of carbonyl (C=O) groups is 1. The number of nitrogens with zero attached hydrogens (tertiary/aromatic N) is 2. The van der Waals surface area contributed by atoms with E-state index in [1.807, 2.05) is 24.3 Å². The average molecular weight is 337 g/mol. The predicted octanol–water partition coefficient (Wildman–Crippen LogP) is 3.27. The molecule has 0 saturated carbocycles. The molecule has 0 aliphatic heterocycles. The van der Waals surface area contributed by atoms with E-state index in [0.717, 1.165) is 24.5 Å². The Bertz CT molecular complexity index is 575. The number of hydrogen-bond donors (Lipinski definition) is 2. The Morgan fingerprint density at radius 3 is 2.45 bits per heavy atom. The van der Waals surface area contributed by atoms with Gasteiger partial charge in [0, 0.05) is 24.5 Å². The van der Waals surface area contributed by atoms with Gasteiger partial charge in [0.15, 0.2) is 0 Å². The van der Waals surface area contributed by atoms with Crippen LogP contribution in [-0.2, 0) is 0 Å². The van der Waals surface area contributed by atoms with Crippen molar-refractivity contribution in [3.63, 3.8) is 0 Å². The number of amides is 1. The number of carbonyl (C=O) groups excluding carboxylic acids is 1. The van der Waals surface area contributed by atoms with Gasteiger partial charge < -0.3 is 10.2 Å². The number of aromatic amines is 1. The highest BCUT2D eigenvalue weighted by Crippen LogP contribution is 2.19. The van der Waals surface area contributed by atoms with E-state index in [0.29, 0.717) is 10.2 Å². The van der Waals surface area contributed by atoms with Crippen LogP contribution in [0.4, 0.5) is 11.4 Å². The van der Waals surface area contributed by atoms with Crippen LogP contribution in [0.25, 0.3) is 0 Å². The molecule has 0 fully saturated rings. The summed E-state index contributed by atoms with van der Waals surface area (Å²) in [7, 11) is 0. The van der Waals surface area contributed by atoms with Gasteiger partial charge in [-0.05, 0) is 54.0 Å². The molecule has 1 amide bonds. The molecule has 0 radical (unpaired) electrons. The van der Waals surface area contributed by atoms with Gasteiger partial charge in [0.1, 0.15) is 5.69 Å². The van der Waals surface area contributed by atoms with Crippen LogP contribution >= 0.6 is 15.9 Å². The van der Waals surface area contributed by atoms with Crippen LogP contribution in [0.5, 0.6) is 0 Å². The van der Waals surface area contributed by atoms with Crippen molar-refractivity contribution in [1.82, 2.24) is 10.2 Å². The molecule has 106 valence electrons. The Hall–Kier alpha value is -1.82. The van der Waals surface area contributed by atoms with E-state index >= 15 is 0 Å². The van der Waals surface area contributed by atoms with Crippen molar-refractivity contribution in [1.29, 1.82) is 0 Å². The Morgan fingerprint density at radius 2 is 1.95 bits per heavy atom. The summed E-state index contributed by atoms with van der Waals surface area (Å²) in [5.41, 5.74) is 2.32. The molecule has 0 saturated heterocycles. The van der Waals surface area contributed by atoms with Crippen molar-refractivity contribution >= 4 is 33.2 Å². The summed E-state index contributed by atoms with van der Waals surface area (Å²) in [5.74, 6) is -0.218. The molecule has 0 atom stereocenters. The number of benzene rings is 1. The second-order valence-electron chi connectivity index (χ2n) is 4.27. The summed E-state index contributed by atoms with van der Waals surface area (Å²) in [4.78, 5) is 14.3. The first kappa shape index (κ1) is 14.6. The van der Waals surface area contributed by atoms with Crippen molar-refractivity contribution < 1.29 is 4.79 Å². The van der Waals surface area contributed by atoms with Crippen molar-refractivity contribution in [2.75, 3.05) is 23.3 Å². The molecule has 1 aromatic carbocycles. The van der Waals surface area contributed by atoms with E-state index in [1.165, 1.54) is 0 Å². The molecule has 0 unspecified atom stereocenters. The molecule has 2 aromatic rings. The molecule has 1 heterocycles. The molecule has 20 heavy (non-hydrogen) atoms. The zero-order valence-electron chi connectivity index (χ0n) is 11.5. The van der Waals surface area contributed by atoms with E-state index in [4.69, 9.17) is 0 Å². The number of anilines is 2. The molecule has 1 aromatic heterocycles. The lowest BCUT2D eigenvalue weighted by molar-refractivity contribution is 0.102. The second kappa shape index (κ2) is 6.56. The summed E-state index contributed by atoms with van der Waals surface area (Å²) in [6.07, 6.45) is 1.55. The van der Waals surface area contributed by atoms with Gasteiger partial charge in [-0.3, -0.25) is 9.89 Å². The van der Waals surface area contributed by atoms with Crippen LogP contribution < -0.4 is 10.2 Å². The summed E-state index contributed by atoms with van der Waals surface area (Å²) in [6.45, 7) is 6.16. The minimum absolute atomic E-state index is 0.218. The highest BCUT2D eigenvalue weighted by molar-refractivity contribution is 9.10. The van der Waals surface area contributed by atoms with Crippen molar-refractivity contribution in [3.05, 3.63) is 40.6 Å². The molecule has 0 bridgehead atoms. The average Bonchev–Trinajstić information content (AvgIpc) is 2.88. The predicted molar refractivity (Wildman–Crippen MR) is 84.2 cm³/mol. The highest BCUT2D eigenvalue weighted by Gasteiger charge is 2.12. The Kier molecular flexibility index (Phi) is 4.79. The molecule has 2 N–H and O–H groups in total. The van der Waals surface area contributed by atoms with Crippen LogP contribution in [0.15, 0.2) is 34.9 Å². The Labute approximate surface area is 126 Å². The molecule has 5 nitrogen and oxygen atoms in total. The van der Waals surface area contributed by atoms with Crippen molar-refractivity contribution in [2.24, 2.45) is 0 Å². The fraction of sp³-hybridized carbons (Fsp3) is 0.286. The van der Waals surface area contributed by atoms with Crippen LogP contribution in [-0.4, -0.2) is 29.2 Å². The molecule has 2 rings (SSSR count). The summed E-state index contributed by atoms with van der Waals surface area (Å²) >= 11 is 3.27. The van der Waals surface area contributed by atoms with E-state index in [2.05, 4.69) is 50.2 Å². The number of nitrogens with one attached hydrogen (secondary N) is 2. The fourth-order valence-corrected chi connectivity index (χ4v) is 2.34.